The van der Waals surface area contributed by atoms with E-state index in [4.69, 9.17) is 5.73 Å². The second kappa shape index (κ2) is 6.24. The molecule has 0 radical (unpaired) electrons. The highest BCUT2D eigenvalue weighted by molar-refractivity contribution is 5.85. The van der Waals surface area contributed by atoms with E-state index in [0.29, 0.717) is 12.0 Å². The fraction of sp³-hybridized carbons (Fsp3) is 0.214. The van der Waals surface area contributed by atoms with Gasteiger partial charge >= 0.3 is 0 Å². The second-order valence-electron chi connectivity index (χ2n) is 4.53. The molecular weight excluding hydrogens is 283 g/mol. The number of benzene rings is 1. The van der Waals surface area contributed by atoms with Crippen molar-refractivity contribution in [1.82, 2.24) is 4.98 Å². The number of phenols is 1. The molecule has 3 N–H and O–H groups in total. The van der Waals surface area contributed by atoms with Crippen LogP contribution in [0.3, 0.4) is 0 Å². The van der Waals surface area contributed by atoms with Crippen LogP contribution < -0.4 is 5.73 Å². The number of nitrogens with zero attached hydrogens (tertiary/aromatic N) is 1. The zero-order valence-electron chi connectivity index (χ0n) is 10.2. The van der Waals surface area contributed by atoms with Crippen molar-refractivity contribution in [2.24, 2.45) is 5.73 Å². The van der Waals surface area contributed by atoms with Crippen LogP contribution in [0.25, 0.3) is 11.3 Å². The van der Waals surface area contributed by atoms with Crippen molar-refractivity contribution in [3.8, 4) is 17.0 Å². The molecule has 1 fully saturated rings. The number of nitrogens with two attached hydrogens (primary N) is 1. The molecule has 1 aliphatic rings. The Morgan fingerprint density at radius 3 is 2.42 bits per heavy atom. The summed E-state index contributed by atoms with van der Waals surface area (Å²) in [5.41, 5.74) is 8.82. The molecule has 19 heavy (non-hydrogen) atoms. The first-order chi connectivity index (χ1) is 8.24. The first-order valence-electron chi connectivity index (χ1n) is 5.75. The molecule has 5 heteroatoms. The first-order valence-corrected chi connectivity index (χ1v) is 5.75. The van der Waals surface area contributed by atoms with E-state index >= 15 is 0 Å². The maximum Gasteiger partial charge on any atom is 0.116 e. The number of aromatic nitrogens is 1. The highest BCUT2D eigenvalue weighted by Gasteiger charge is 2.34. The van der Waals surface area contributed by atoms with Crippen molar-refractivity contribution in [2.45, 2.75) is 18.4 Å². The van der Waals surface area contributed by atoms with Crippen molar-refractivity contribution in [3.63, 3.8) is 0 Å². The van der Waals surface area contributed by atoms with Crippen molar-refractivity contribution in [2.75, 3.05) is 0 Å². The maximum atomic E-state index is 9.42. The minimum absolute atomic E-state index is 0. The second-order valence-corrected chi connectivity index (χ2v) is 4.53. The van der Waals surface area contributed by atoms with Gasteiger partial charge in [-0.2, -0.15) is 0 Å². The zero-order valence-corrected chi connectivity index (χ0v) is 11.8. The Kier molecular flexibility index (Phi) is 5.18. The van der Waals surface area contributed by atoms with Crippen molar-refractivity contribution in [1.29, 1.82) is 0 Å². The molecule has 2 aromatic rings. The lowest BCUT2D eigenvalue weighted by molar-refractivity contribution is 0.475. The van der Waals surface area contributed by atoms with Crippen LogP contribution in [0, 0.1) is 0 Å². The Hall–Kier alpha value is -1.29. The predicted octanol–water partition coefficient (Wildman–Crippen LogP) is 3.11. The Morgan fingerprint density at radius 1 is 1.16 bits per heavy atom. The monoisotopic (exact) mass is 298 g/mol. The summed E-state index contributed by atoms with van der Waals surface area (Å²) in [5, 5.41) is 9.42. The molecule has 0 aliphatic heterocycles. The highest BCUT2D eigenvalue weighted by Crippen LogP contribution is 2.38. The molecule has 3 nitrogen and oxygen atoms in total. The lowest BCUT2D eigenvalue weighted by atomic mass is 10.1. The van der Waals surface area contributed by atoms with E-state index in [2.05, 4.69) is 11.1 Å². The number of phenolic OH excluding ortho intramolecular Hbond substituents is 1. The molecule has 0 spiro atoms. The van der Waals surface area contributed by atoms with Gasteiger partial charge in [-0.3, -0.25) is 4.98 Å². The zero-order chi connectivity index (χ0) is 11.8. The van der Waals surface area contributed by atoms with Gasteiger partial charge in [0.1, 0.15) is 5.75 Å². The molecule has 0 amide bonds. The summed E-state index contributed by atoms with van der Waals surface area (Å²) < 4.78 is 0. The SMILES string of the molecule is Cl.Cl.NC1CC1c1ccc(-c2cccc(O)c2)nc1. The van der Waals surface area contributed by atoms with Gasteiger partial charge in [-0.25, -0.2) is 0 Å². The first kappa shape index (κ1) is 15.8. The van der Waals surface area contributed by atoms with Gasteiger partial charge in [0.25, 0.3) is 0 Å². The lowest BCUT2D eigenvalue weighted by Crippen LogP contribution is -2.01. The van der Waals surface area contributed by atoms with Gasteiger partial charge in [0.2, 0.25) is 0 Å². The minimum atomic E-state index is 0. The normalized spacial score (nSPS) is 20.1. The predicted molar refractivity (Wildman–Crippen MR) is 81.2 cm³/mol. The van der Waals surface area contributed by atoms with Crippen LogP contribution in [0.2, 0.25) is 0 Å². The molecule has 0 bridgehead atoms. The largest absolute Gasteiger partial charge is 0.508 e. The van der Waals surface area contributed by atoms with Crippen molar-refractivity contribution in [3.05, 3.63) is 48.2 Å². The summed E-state index contributed by atoms with van der Waals surface area (Å²) in [5.74, 6) is 0.748. The van der Waals surface area contributed by atoms with Gasteiger partial charge in [-0.1, -0.05) is 18.2 Å². The van der Waals surface area contributed by atoms with Crippen molar-refractivity contribution >= 4 is 24.8 Å². The quantitative estimate of drug-likeness (QED) is 0.895. The number of hydrogen-bond donors (Lipinski definition) is 2. The third-order valence-corrected chi connectivity index (χ3v) is 3.20. The summed E-state index contributed by atoms with van der Waals surface area (Å²) in [6.07, 6.45) is 2.95. The topological polar surface area (TPSA) is 59.1 Å². The third-order valence-electron chi connectivity index (χ3n) is 3.20. The molecular formula is C14H16Cl2N2O. The molecule has 2 atom stereocenters. The standard InChI is InChI=1S/C14H14N2O.2ClH/c15-13-7-12(13)10-4-5-14(16-8-10)9-2-1-3-11(17)6-9;;/h1-6,8,12-13,17H,7,15H2;2*1H. The maximum absolute atomic E-state index is 9.42. The van der Waals surface area contributed by atoms with Gasteiger partial charge in [-0.15, -0.1) is 24.8 Å². The van der Waals surface area contributed by atoms with Crippen LogP contribution in [-0.2, 0) is 0 Å². The van der Waals surface area contributed by atoms with Gasteiger partial charge < -0.3 is 10.8 Å². The number of rotatable bonds is 2. The third kappa shape index (κ3) is 3.38. The van der Waals surface area contributed by atoms with E-state index in [1.807, 2.05) is 24.4 Å². The van der Waals surface area contributed by atoms with E-state index in [0.717, 1.165) is 17.7 Å². The van der Waals surface area contributed by atoms with Crippen LogP contribution >= 0.6 is 24.8 Å². The molecule has 1 aromatic carbocycles. The number of halogens is 2. The van der Waals surface area contributed by atoms with E-state index in [1.165, 1.54) is 5.56 Å². The van der Waals surface area contributed by atoms with E-state index in [9.17, 15) is 5.11 Å². The Morgan fingerprint density at radius 2 is 1.89 bits per heavy atom. The Bertz CT molecular complexity index is 545. The van der Waals surface area contributed by atoms with Crippen LogP contribution in [0.15, 0.2) is 42.6 Å². The molecule has 3 rings (SSSR count). The average Bonchev–Trinajstić information content (AvgIpc) is 3.07. The van der Waals surface area contributed by atoms with Gasteiger partial charge in [0.05, 0.1) is 5.69 Å². The summed E-state index contributed by atoms with van der Waals surface area (Å²) >= 11 is 0. The summed E-state index contributed by atoms with van der Waals surface area (Å²) in [6.45, 7) is 0. The summed E-state index contributed by atoms with van der Waals surface area (Å²) in [4.78, 5) is 4.42. The number of pyridine rings is 1. The average molecular weight is 299 g/mol. The Labute approximate surface area is 124 Å². The molecule has 1 aliphatic carbocycles. The van der Waals surface area contributed by atoms with Crippen LogP contribution in [0.1, 0.15) is 17.9 Å². The lowest BCUT2D eigenvalue weighted by Gasteiger charge is -2.03. The Balaban J connectivity index is 0.000000902. The van der Waals surface area contributed by atoms with Gasteiger partial charge in [0.15, 0.2) is 0 Å². The van der Waals surface area contributed by atoms with E-state index in [-0.39, 0.29) is 30.6 Å². The molecule has 102 valence electrons. The van der Waals surface area contributed by atoms with Crippen LogP contribution in [0.5, 0.6) is 5.75 Å². The molecule has 2 unspecified atom stereocenters. The summed E-state index contributed by atoms with van der Waals surface area (Å²) in [7, 11) is 0. The van der Waals surface area contributed by atoms with E-state index < -0.39 is 0 Å². The van der Waals surface area contributed by atoms with Crippen LogP contribution in [0.4, 0.5) is 0 Å². The van der Waals surface area contributed by atoms with Crippen molar-refractivity contribution < 1.29 is 5.11 Å². The fourth-order valence-electron chi connectivity index (χ4n) is 2.06. The summed E-state index contributed by atoms with van der Waals surface area (Å²) in [6, 6.07) is 11.5. The molecule has 1 saturated carbocycles. The molecule has 1 aromatic heterocycles. The fourth-order valence-corrected chi connectivity index (χ4v) is 2.06. The highest BCUT2D eigenvalue weighted by atomic mass is 35.5. The minimum Gasteiger partial charge on any atom is -0.508 e. The van der Waals surface area contributed by atoms with E-state index in [1.54, 1.807) is 12.1 Å². The number of hydrogen-bond acceptors (Lipinski definition) is 3. The van der Waals surface area contributed by atoms with Crippen LogP contribution in [-0.4, -0.2) is 16.1 Å². The molecule has 0 saturated heterocycles. The smallest absolute Gasteiger partial charge is 0.116 e. The number of aromatic hydroxyl groups is 1. The van der Waals surface area contributed by atoms with Gasteiger partial charge in [-0.05, 0) is 30.2 Å². The van der Waals surface area contributed by atoms with Gasteiger partial charge in [0, 0.05) is 23.7 Å². The molecule has 1 heterocycles.